The molecule has 1 saturated carbocycles. The van der Waals surface area contributed by atoms with Crippen LogP contribution in [0.3, 0.4) is 0 Å². The van der Waals surface area contributed by atoms with E-state index in [4.69, 9.17) is 10.5 Å². The summed E-state index contributed by atoms with van der Waals surface area (Å²) in [5, 5.41) is 3.50. The van der Waals surface area contributed by atoms with Crippen LogP contribution in [0.5, 0.6) is 0 Å². The fraction of sp³-hybridized carbons (Fsp3) is 1.00. The van der Waals surface area contributed by atoms with Crippen molar-refractivity contribution in [3.05, 3.63) is 0 Å². The van der Waals surface area contributed by atoms with Crippen LogP contribution in [-0.2, 0) is 4.74 Å². The Bertz CT molecular complexity index is 245. The van der Waals surface area contributed by atoms with Gasteiger partial charge in [0.15, 0.2) is 0 Å². The molecule has 0 aliphatic heterocycles. The number of ether oxygens (including phenoxy) is 1. The Morgan fingerprint density at radius 3 is 2.31 bits per heavy atom. The summed E-state index contributed by atoms with van der Waals surface area (Å²) >= 11 is 0. The lowest BCUT2D eigenvalue weighted by Gasteiger charge is -2.59. The molecule has 3 heteroatoms. The molecule has 0 amide bonds. The Kier molecular flexibility index (Phi) is 3.73. The summed E-state index contributed by atoms with van der Waals surface area (Å²) in [5.74, 6) is 0. The Hall–Kier alpha value is -0.120. The van der Waals surface area contributed by atoms with Crippen LogP contribution in [0.15, 0.2) is 0 Å². The van der Waals surface area contributed by atoms with Crippen molar-refractivity contribution in [2.75, 3.05) is 13.2 Å². The van der Waals surface area contributed by atoms with E-state index < -0.39 is 0 Å². The van der Waals surface area contributed by atoms with Crippen molar-refractivity contribution in [3.8, 4) is 0 Å². The fourth-order valence-electron chi connectivity index (χ4n) is 2.23. The number of hydrogen-bond donors (Lipinski definition) is 2. The molecular weight excluding hydrogens is 200 g/mol. The molecule has 3 N–H and O–H groups in total. The van der Waals surface area contributed by atoms with Crippen LogP contribution in [-0.4, -0.2) is 30.3 Å². The highest BCUT2D eigenvalue weighted by Crippen LogP contribution is 2.49. The minimum Gasteiger partial charge on any atom is -0.378 e. The van der Waals surface area contributed by atoms with Gasteiger partial charge in [-0.05, 0) is 34.1 Å². The topological polar surface area (TPSA) is 47.3 Å². The van der Waals surface area contributed by atoms with Crippen LogP contribution >= 0.6 is 0 Å². The third-order valence-corrected chi connectivity index (χ3v) is 3.94. The van der Waals surface area contributed by atoms with E-state index in [0.717, 1.165) is 19.6 Å². The molecule has 0 saturated heterocycles. The molecule has 0 aromatic heterocycles. The predicted octanol–water partition coefficient (Wildman–Crippen LogP) is 1.91. The molecule has 2 unspecified atom stereocenters. The van der Waals surface area contributed by atoms with Gasteiger partial charge in [-0.15, -0.1) is 0 Å². The maximum atomic E-state index is 6.47. The predicted molar refractivity (Wildman–Crippen MR) is 68.5 cm³/mol. The van der Waals surface area contributed by atoms with E-state index in [9.17, 15) is 0 Å². The lowest BCUT2D eigenvalue weighted by atomic mass is 9.54. The lowest BCUT2D eigenvalue weighted by molar-refractivity contribution is -0.149. The van der Waals surface area contributed by atoms with Crippen LogP contribution in [0.25, 0.3) is 0 Å². The second-order valence-electron chi connectivity index (χ2n) is 6.63. The normalized spacial score (nSPS) is 33.6. The van der Waals surface area contributed by atoms with E-state index in [1.165, 1.54) is 0 Å². The lowest BCUT2D eigenvalue weighted by Crippen LogP contribution is -2.74. The molecule has 1 rings (SSSR count). The van der Waals surface area contributed by atoms with Gasteiger partial charge in [0.2, 0.25) is 0 Å². The third-order valence-electron chi connectivity index (χ3n) is 3.94. The second kappa shape index (κ2) is 4.28. The Morgan fingerprint density at radius 2 is 1.94 bits per heavy atom. The third kappa shape index (κ3) is 2.58. The Morgan fingerprint density at radius 1 is 1.38 bits per heavy atom. The average molecular weight is 228 g/mol. The molecule has 0 aromatic rings. The van der Waals surface area contributed by atoms with Gasteiger partial charge >= 0.3 is 0 Å². The van der Waals surface area contributed by atoms with Gasteiger partial charge in [0.1, 0.15) is 0 Å². The summed E-state index contributed by atoms with van der Waals surface area (Å²) < 4.78 is 5.71. The van der Waals surface area contributed by atoms with Crippen LogP contribution in [0.1, 0.15) is 48.0 Å². The van der Waals surface area contributed by atoms with Crippen LogP contribution in [0.2, 0.25) is 0 Å². The van der Waals surface area contributed by atoms with Crippen LogP contribution in [0, 0.1) is 5.41 Å². The highest BCUT2D eigenvalue weighted by molar-refractivity contribution is 5.14. The Balaban J connectivity index is 2.55. The maximum Gasteiger partial charge on any atom is 0.0662 e. The number of rotatable bonds is 4. The van der Waals surface area contributed by atoms with Gasteiger partial charge < -0.3 is 15.8 Å². The summed E-state index contributed by atoms with van der Waals surface area (Å²) in [5.41, 5.74) is 6.51. The van der Waals surface area contributed by atoms with Gasteiger partial charge in [-0.1, -0.05) is 13.8 Å². The molecule has 96 valence electrons. The summed E-state index contributed by atoms with van der Waals surface area (Å²) in [7, 11) is 0. The van der Waals surface area contributed by atoms with E-state index >= 15 is 0 Å². The van der Waals surface area contributed by atoms with Crippen molar-refractivity contribution in [1.82, 2.24) is 5.32 Å². The van der Waals surface area contributed by atoms with E-state index in [1.54, 1.807) is 0 Å². The molecular formula is C13H28N2O. The molecule has 16 heavy (non-hydrogen) atoms. The minimum absolute atomic E-state index is 0.0568. The van der Waals surface area contributed by atoms with Gasteiger partial charge in [-0.2, -0.15) is 0 Å². The minimum atomic E-state index is -0.139. The quantitative estimate of drug-likeness (QED) is 0.772. The maximum absolute atomic E-state index is 6.47. The first kappa shape index (κ1) is 13.9. The Labute approximate surface area is 100 Å². The summed E-state index contributed by atoms with van der Waals surface area (Å²) in [6, 6.07) is 0. The summed E-state index contributed by atoms with van der Waals surface area (Å²) in [4.78, 5) is 0. The monoisotopic (exact) mass is 228 g/mol. The van der Waals surface area contributed by atoms with Crippen molar-refractivity contribution in [2.24, 2.45) is 11.1 Å². The zero-order valence-electron chi connectivity index (χ0n) is 11.7. The van der Waals surface area contributed by atoms with Crippen LogP contribution < -0.4 is 11.1 Å². The molecule has 0 spiro atoms. The molecule has 2 atom stereocenters. The standard InChI is InChI=1S/C13H28N2O/c1-7-16-10-8-13(14,12(10,5)6)9-15-11(2,3)4/h10,15H,7-9,14H2,1-6H3. The van der Waals surface area contributed by atoms with Crippen molar-refractivity contribution in [1.29, 1.82) is 0 Å². The highest BCUT2D eigenvalue weighted by atomic mass is 16.5. The highest BCUT2D eigenvalue weighted by Gasteiger charge is 2.58. The average Bonchev–Trinajstić information content (AvgIpc) is 2.13. The zero-order chi connectivity index (χ0) is 12.6. The smallest absolute Gasteiger partial charge is 0.0662 e. The second-order valence-corrected chi connectivity index (χ2v) is 6.63. The van der Waals surface area contributed by atoms with E-state index in [1.807, 2.05) is 6.92 Å². The summed E-state index contributed by atoms with van der Waals surface area (Å²) in [6.45, 7) is 14.6. The van der Waals surface area contributed by atoms with Gasteiger partial charge in [-0.25, -0.2) is 0 Å². The first-order chi connectivity index (χ1) is 7.12. The van der Waals surface area contributed by atoms with Crippen molar-refractivity contribution in [2.45, 2.75) is 65.1 Å². The molecule has 0 aromatic carbocycles. The van der Waals surface area contributed by atoms with Gasteiger partial charge in [0.25, 0.3) is 0 Å². The van der Waals surface area contributed by atoms with Gasteiger partial charge in [0, 0.05) is 29.6 Å². The first-order valence-electron chi connectivity index (χ1n) is 6.28. The van der Waals surface area contributed by atoms with Crippen molar-refractivity contribution < 1.29 is 4.74 Å². The van der Waals surface area contributed by atoms with Gasteiger partial charge in [-0.3, -0.25) is 0 Å². The van der Waals surface area contributed by atoms with Gasteiger partial charge in [0.05, 0.1) is 6.10 Å². The molecule has 0 bridgehead atoms. The van der Waals surface area contributed by atoms with E-state index in [2.05, 4.69) is 39.9 Å². The summed E-state index contributed by atoms with van der Waals surface area (Å²) in [6.07, 6.45) is 1.26. The fourth-order valence-corrected chi connectivity index (χ4v) is 2.23. The number of nitrogens with one attached hydrogen (secondary N) is 1. The molecule has 1 aliphatic carbocycles. The molecule has 3 nitrogen and oxygen atoms in total. The van der Waals surface area contributed by atoms with Crippen molar-refractivity contribution >= 4 is 0 Å². The molecule has 0 heterocycles. The number of hydrogen-bond acceptors (Lipinski definition) is 3. The SMILES string of the molecule is CCOC1CC(N)(CNC(C)(C)C)C1(C)C. The molecule has 1 aliphatic rings. The first-order valence-corrected chi connectivity index (χ1v) is 6.28. The van der Waals surface area contributed by atoms with E-state index in [-0.39, 0.29) is 16.5 Å². The van der Waals surface area contributed by atoms with E-state index in [0.29, 0.717) is 6.10 Å². The largest absolute Gasteiger partial charge is 0.378 e. The van der Waals surface area contributed by atoms with Crippen LogP contribution in [0.4, 0.5) is 0 Å². The van der Waals surface area contributed by atoms with Crippen molar-refractivity contribution in [3.63, 3.8) is 0 Å². The molecule has 0 radical (unpaired) electrons. The zero-order valence-corrected chi connectivity index (χ0v) is 11.7. The molecule has 1 fully saturated rings. The number of nitrogens with two attached hydrogens (primary N) is 1.